The smallest absolute Gasteiger partial charge is 0.114 e. The average Bonchev–Trinajstić information content (AvgIpc) is 1.84. The van der Waals surface area contributed by atoms with Gasteiger partial charge >= 0.3 is 0 Å². The summed E-state index contributed by atoms with van der Waals surface area (Å²) in [6.07, 6.45) is 9.66. The highest BCUT2D eigenvalue weighted by atomic mass is 35.5. The van der Waals surface area contributed by atoms with Gasteiger partial charge in [0.2, 0.25) is 0 Å². The van der Waals surface area contributed by atoms with E-state index < -0.39 is 0 Å². The van der Waals surface area contributed by atoms with Gasteiger partial charge in [0.25, 0.3) is 0 Å². The van der Waals surface area contributed by atoms with Crippen molar-refractivity contribution in [2.75, 3.05) is 0 Å². The van der Waals surface area contributed by atoms with Crippen LogP contribution >= 0.6 is 23.2 Å². The topological polar surface area (TPSA) is 0 Å². The molecule has 40 valence electrons. The van der Waals surface area contributed by atoms with Crippen LogP contribution in [0.15, 0.2) is 10.1 Å². The van der Waals surface area contributed by atoms with Crippen molar-refractivity contribution in [2.24, 2.45) is 0 Å². The second-order valence-electron chi connectivity index (χ2n) is 0.917. The lowest BCUT2D eigenvalue weighted by Crippen LogP contribution is -1.66. The Bertz CT molecular complexity index is 166. The van der Waals surface area contributed by atoms with E-state index in [9.17, 15) is 0 Å². The summed E-state index contributed by atoms with van der Waals surface area (Å²) in [6.45, 7) is 0. The van der Waals surface area contributed by atoms with Crippen LogP contribution in [0, 0.1) is 24.7 Å². The SMILES string of the molecule is C#C/C(Cl)=C(\Cl)C#C. The van der Waals surface area contributed by atoms with Crippen molar-refractivity contribution in [2.45, 2.75) is 0 Å². The van der Waals surface area contributed by atoms with Crippen molar-refractivity contribution >= 4 is 23.2 Å². The lowest BCUT2D eigenvalue weighted by Gasteiger charge is -1.81. The molecule has 2 heteroatoms. The molecule has 0 aromatic rings. The number of halogens is 2. The minimum Gasteiger partial charge on any atom is -0.114 e. The predicted octanol–water partition coefficient (Wildman–Crippen LogP) is 1.94. The molecule has 0 radical (unpaired) electrons. The third-order valence-electron chi connectivity index (χ3n) is 0.446. The van der Waals surface area contributed by atoms with Crippen molar-refractivity contribution in [3.63, 3.8) is 0 Å². The first kappa shape index (κ1) is 7.44. The Hall–Kier alpha value is -0.560. The van der Waals surface area contributed by atoms with Gasteiger partial charge in [0.1, 0.15) is 10.1 Å². The van der Waals surface area contributed by atoms with Crippen molar-refractivity contribution in [1.82, 2.24) is 0 Å². The Morgan fingerprint density at radius 3 is 1.38 bits per heavy atom. The van der Waals surface area contributed by atoms with E-state index in [1.165, 1.54) is 0 Å². The summed E-state index contributed by atoms with van der Waals surface area (Å²) in [5.74, 6) is 4.17. The highest BCUT2D eigenvalue weighted by molar-refractivity contribution is 6.42. The quantitative estimate of drug-likeness (QED) is 0.457. The molecule has 0 nitrogen and oxygen atoms in total. The number of hydrogen-bond acceptors (Lipinski definition) is 0. The summed E-state index contributed by atoms with van der Waals surface area (Å²) in [4.78, 5) is 0. The van der Waals surface area contributed by atoms with E-state index >= 15 is 0 Å². The van der Waals surface area contributed by atoms with Crippen molar-refractivity contribution in [1.29, 1.82) is 0 Å². The monoisotopic (exact) mass is 144 g/mol. The molecule has 0 aromatic heterocycles. The van der Waals surface area contributed by atoms with Gasteiger partial charge in [0.05, 0.1) is 0 Å². The first-order chi connectivity index (χ1) is 3.72. The summed E-state index contributed by atoms with van der Waals surface area (Å²) in [5.41, 5.74) is 0. The molecule has 0 spiro atoms. The zero-order valence-electron chi connectivity index (χ0n) is 3.91. The Kier molecular flexibility index (Phi) is 3.20. The lowest BCUT2D eigenvalue weighted by atomic mass is 10.5. The molecule has 0 unspecified atom stereocenters. The Balaban J connectivity index is 4.41. The molecule has 0 aliphatic carbocycles. The molecular weight excluding hydrogens is 143 g/mol. The maximum absolute atomic E-state index is 5.28. The van der Waals surface area contributed by atoms with Crippen LogP contribution in [-0.2, 0) is 0 Å². The molecule has 0 aliphatic rings. The summed E-state index contributed by atoms with van der Waals surface area (Å²) in [7, 11) is 0. The summed E-state index contributed by atoms with van der Waals surface area (Å²) < 4.78 is 0. The molecule has 0 amide bonds. The van der Waals surface area contributed by atoms with E-state index in [2.05, 4.69) is 11.8 Å². The van der Waals surface area contributed by atoms with Crippen LogP contribution in [0.25, 0.3) is 0 Å². The van der Waals surface area contributed by atoms with Gasteiger partial charge in [-0.15, -0.1) is 12.8 Å². The van der Waals surface area contributed by atoms with E-state index in [1.807, 2.05) is 0 Å². The van der Waals surface area contributed by atoms with Crippen LogP contribution in [0.2, 0.25) is 0 Å². The van der Waals surface area contributed by atoms with E-state index in [-0.39, 0.29) is 10.1 Å². The molecule has 0 heterocycles. The second kappa shape index (κ2) is 3.44. The fraction of sp³-hybridized carbons (Fsp3) is 0. The standard InChI is InChI=1S/C6H2Cl2/c1-3-5(7)6(8)4-2/h1-2H/b6-5+. The largest absolute Gasteiger partial charge is 0.117 e. The summed E-state index contributed by atoms with van der Waals surface area (Å²) in [5, 5.41) is 0.156. The molecule has 8 heavy (non-hydrogen) atoms. The molecule has 0 aromatic carbocycles. The molecule has 0 aliphatic heterocycles. The second-order valence-corrected chi connectivity index (χ2v) is 1.67. The minimum atomic E-state index is 0.0779. The summed E-state index contributed by atoms with van der Waals surface area (Å²) in [6, 6.07) is 0. The minimum absolute atomic E-state index is 0.0779. The third kappa shape index (κ3) is 1.94. The molecule has 0 saturated heterocycles. The van der Waals surface area contributed by atoms with Crippen LogP contribution in [0.1, 0.15) is 0 Å². The maximum Gasteiger partial charge on any atom is 0.117 e. The molecule has 0 saturated carbocycles. The Labute approximate surface area is 58.5 Å². The summed E-state index contributed by atoms with van der Waals surface area (Å²) >= 11 is 10.6. The highest BCUT2D eigenvalue weighted by Crippen LogP contribution is 2.10. The number of hydrogen-bond donors (Lipinski definition) is 0. The van der Waals surface area contributed by atoms with Crippen LogP contribution in [0.3, 0.4) is 0 Å². The zero-order valence-corrected chi connectivity index (χ0v) is 5.42. The van der Waals surface area contributed by atoms with Crippen LogP contribution in [0.4, 0.5) is 0 Å². The van der Waals surface area contributed by atoms with Gasteiger partial charge in [-0.3, -0.25) is 0 Å². The Morgan fingerprint density at radius 1 is 1.00 bits per heavy atom. The van der Waals surface area contributed by atoms with Gasteiger partial charge in [0.15, 0.2) is 0 Å². The van der Waals surface area contributed by atoms with E-state index in [0.717, 1.165) is 0 Å². The number of allylic oxidation sites excluding steroid dienone is 2. The van der Waals surface area contributed by atoms with Crippen LogP contribution < -0.4 is 0 Å². The predicted molar refractivity (Wildman–Crippen MR) is 36.4 cm³/mol. The van der Waals surface area contributed by atoms with Crippen LogP contribution in [-0.4, -0.2) is 0 Å². The number of rotatable bonds is 0. The van der Waals surface area contributed by atoms with Crippen molar-refractivity contribution < 1.29 is 0 Å². The van der Waals surface area contributed by atoms with Crippen LogP contribution in [0.5, 0.6) is 0 Å². The van der Waals surface area contributed by atoms with E-state index in [1.54, 1.807) is 0 Å². The van der Waals surface area contributed by atoms with Crippen molar-refractivity contribution in [3.8, 4) is 24.7 Å². The van der Waals surface area contributed by atoms with Gasteiger partial charge < -0.3 is 0 Å². The molecule has 0 rings (SSSR count). The normalized spacial score (nSPS) is 11.0. The molecule has 0 N–H and O–H groups in total. The third-order valence-corrected chi connectivity index (χ3v) is 1.14. The average molecular weight is 145 g/mol. The molecule has 0 fully saturated rings. The molecule has 0 bridgehead atoms. The van der Waals surface area contributed by atoms with Gasteiger partial charge in [0, 0.05) is 0 Å². The first-order valence-electron chi connectivity index (χ1n) is 1.71. The van der Waals surface area contributed by atoms with Gasteiger partial charge in [-0.05, 0) is 0 Å². The highest BCUT2D eigenvalue weighted by Gasteiger charge is 1.90. The maximum atomic E-state index is 5.28. The molecular formula is C6H2Cl2. The van der Waals surface area contributed by atoms with Gasteiger partial charge in [-0.2, -0.15) is 0 Å². The number of terminal acetylenes is 2. The fourth-order valence-corrected chi connectivity index (χ4v) is 0.236. The van der Waals surface area contributed by atoms with Crippen molar-refractivity contribution in [3.05, 3.63) is 10.1 Å². The fourth-order valence-electron chi connectivity index (χ4n) is 0.127. The van der Waals surface area contributed by atoms with E-state index in [0.29, 0.717) is 0 Å². The molecule has 0 atom stereocenters. The van der Waals surface area contributed by atoms with E-state index in [4.69, 9.17) is 36.0 Å². The zero-order chi connectivity index (χ0) is 6.57. The van der Waals surface area contributed by atoms with Gasteiger partial charge in [-0.25, -0.2) is 0 Å². The van der Waals surface area contributed by atoms with Gasteiger partial charge in [-0.1, -0.05) is 35.0 Å². The Morgan fingerprint density at radius 2 is 1.25 bits per heavy atom. The first-order valence-corrected chi connectivity index (χ1v) is 2.46. The lowest BCUT2D eigenvalue weighted by molar-refractivity contribution is 1.97.